The van der Waals surface area contributed by atoms with Crippen molar-refractivity contribution in [3.63, 3.8) is 0 Å². The number of aliphatic carboxylic acids is 1. The highest BCUT2D eigenvalue weighted by molar-refractivity contribution is 8.00. The Hall–Kier alpha value is -0.910. The van der Waals surface area contributed by atoms with Gasteiger partial charge in [-0.3, -0.25) is 4.90 Å². The topological polar surface area (TPSA) is 77.8 Å². The number of hydrogen-bond acceptors (Lipinski definition) is 3. The molecule has 0 aliphatic carbocycles. The molecule has 6 heteroatoms. The largest absolute Gasteiger partial charge is 0.480 e. The number of amides is 1. The summed E-state index contributed by atoms with van der Waals surface area (Å²) < 4.78 is -0.551. The van der Waals surface area contributed by atoms with Crippen LogP contribution in [0.1, 0.15) is 13.8 Å². The Labute approximate surface area is 79.7 Å². The van der Waals surface area contributed by atoms with Crippen molar-refractivity contribution in [2.45, 2.75) is 24.6 Å². The summed E-state index contributed by atoms with van der Waals surface area (Å²) in [4.78, 5) is 22.4. The number of carbonyl (C=O) groups is 2. The fourth-order valence-electron chi connectivity index (χ4n) is 1.36. The Morgan fingerprint density at radius 2 is 2.00 bits per heavy atom. The summed E-state index contributed by atoms with van der Waals surface area (Å²) in [7, 11) is 0. The molecule has 1 saturated heterocycles. The van der Waals surface area contributed by atoms with E-state index in [0.29, 0.717) is 0 Å². The van der Waals surface area contributed by atoms with Gasteiger partial charge in [-0.2, -0.15) is 0 Å². The molecule has 74 valence electrons. The van der Waals surface area contributed by atoms with Crippen LogP contribution in [-0.2, 0) is 4.79 Å². The van der Waals surface area contributed by atoms with Crippen molar-refractivity contribution in [3.05, 3.63) is 0 Å². The van der Waals surface area contributed by atoms with Crippen molar-refractivity contribution in [2.75, 3.05) is 5.88 Å². The van der Waals surface area contributed by atoms with Crippen molar-refractivity contribution in [2.24, 2.45) is 0 Å². The van der Waals surface area contributed by atoms with Crippen LogP contribution in [-0.4, -0.2) is 43.8 Å². The van der Waals surface area contributed by atoms with Crippen molar-refractivity contribution < 1.29 is 19.8 Å². The molecule has 0 spiro atoms. The minimum absolute atomic E-state index is 0.222. The Morgan fingerprint density at radius 3 is 2.31 bits per heavy atom. The summed E-state index contributed by atoms with van der Waals surface area (Å²) >= 11 is 1.34. The van der Waals surface area contributed by atoms with Crippen LogP contribution in [0.25, 0.3) is 0 Å². The molecule has 1 fully saturated rings. The molecule has 2 N–H and O–H groups in total. The third kappa shape index (κ3) is 1.72. The molecule has 1 heterocycles. The maximum Gasteiger partial charge on any atom is 0.408 e. The molecule has 1 aliphatic rings. The lowest BCUT2D eigenvalue weighted by Crippen LogP contribution is -2.48. The highest BCUT2D eigenvalue weighted by atomic mass is 32.2. The van der Waals surface area contributed by atoms with E-state index in [9.17, 15) is 9.59 Å². The Balaban J connectivity index is 2.92. The van der Waals surface area contributed by atoms with Crippen molar-refractivity contribution in [1.29, 1.82) is 0 Å². The Morgan fingerprint density at radius 1 is 1.46 bits per heavy atom. The van der Waals surface area contributed by atoms with Crippen LogP contribution in [0.2, 0.25) is 0 Å². The van der Waals surface area contributed by atoms with E-state index in [1.54, 1.807) is 13.8 Å². The van der Waals surface area contributed by atoms with Gasteiger partial charge in [0.1, 0.15) is 6.04 Å². The standard InChI is InChI=1S/C7H11NO4S/c1-7(2)4(5(9)10)8(3-13-7)6(11)12/h4H,3H2,1-2H3,(H,9,10)(H,11,12)/t4-/m1/s1. The number of hydrogen-bond donors (Lipinski definition) is 2. The molecule has 1 aliphatic heterocycles. The van der Waals surface area contributed by atoms with Gasteiger partial charge in [0.15, 0.2) is 0 Å². The highest BCUT2D eigenvalue weighted by Crippen LogP contribution is 2.39. The summed E-state index contributed by atoms with van der Waals surface area (Å²) in [6.07, 6.45) is -1.18. The van der Waals surface area contributed by atoms with Gasteiger partial charge in [-0.15, -0.1) is 11.8 Å². The second-order valence-corrected chi connectivity index (χ2v) is 4.97. The molecule has 0 aromatic heterocycles. The lowest BCUT2D eigenvalue weighted by atomic mass is 10.0. The van der Waals surface area contributed by atoms with Crippen LogP contribution in [0.5, 0.6) is 0 Å². The van der Waals surface area contributed by atoms with E-state index in [2.05, 4.69) is 0 Å². The molecule has 13 heavy (non-hydrogen) atoms. The first-order valence-electron chi connectivity index (χ1n) is 3.72. The predicted molar refractivity (Wildman–Crippen MR) is 47.8 cm³/mol. The van der Waals surface area contributed by atoms with E-state index in [1.807, 2.05) is 0 Å². The molecule has 0 aromatic rings. The summed E-state index contributed by atoms with van der Waals surface area (Å²) in [6.45, 7) is 3.47. The van der Waals surface area contributed by atoms with Gasteiger partial charge in [0.25, 0.3) is 0 Å². The van der Waals surface area contributed by atoms with E-state index >= 15 is 0 Å². The van der Waals surface area contributed by atoms with Crippen molar-refractivity contribution in [1.82, 2.24) is 4.90 Å². The van der Waals surface area contributed by atoms with Crippen LogP contribution < -0.4 is 0 Å². The minimum atomic E-state index is -1.18. The molecule has 0 aromatic carbocycles. The second-order valence-electron chi connectivity index (χ2n) is 3.37. The fraction of sp³-hybridized carbons (Fsp3) is 0.714. The molecule has 5 nitrogen and oxygen atoms in total. The van der Waals surface area contributed by atoms with Crippen LogP contribution in [0, 0.1) is 0 Å². The van der Waals surface area contributed by atoms with Crippen LogP contribution >= 0.6 is 11.8 Å². The zero-order chi connectivity index (χ0) is 10.2. The van der Waals surface area contributed by atoms with Gasteiger partial charge >= 0.3 is 12.1 Å². The van der Waals surface area contributed by atoms with Crippen molar-refractivity contribution in [3.8, 4) is 0 Å². The summed E-state index contributed by atoms with van der Waals surface area (Å²) in [5, 5.41) is 17.6. The zero-order valence-electron chi connectivity index (χ0n) is 7.35. The molecular formula is C7H11NO4S. The molecular weight excluding hydrogens is 194 g/mol. The number of carboxylic acids is 1. The van der Waals surface area contributed by atoms with Gasteiger partial charge in [-0.1, -0.05) is 0 Å². The molecule has 1 atom stereocenters. The Bertz CT molecular complexity index is 253. The Kier molecular flexibility index (Phi) is 2.42. The summed E-state index contributed by atoms with van der Waals surface area (Å²) in [6, 6.07) is -0.949. The molecule has 0 bridgehead atoms. The molecule has 0 radical (unpaired) electrons. The van der Waals surface area contributed by atoms with Crippen molar-refractivity contribution >= 4 is 23.8 Å². The normalized spacial score (nSPS) is 26.0. The third-order valence-electron chi connectivity index (χ3n) is 2.03. The lowest BCUT2D eigenvalue weighted by molar-refractivity contribution is -0.142. The smallest absolute Gasteiger partial charge is 0.408 e. The first-order chi connectivity index (χ1) is 5.86. The predicted octanol–water partition coefficient (Wildman–Crippen LogP) is 0.903. The third-order valence-corrected chi connectivity index (χ3v) is 3.40. The number of carboxylic acid groups (broad SMARTS) is 2. The zero-order valence-corrected chi connectivity index (χ0v) is 8.17. The molecule has 1 rings (SSSR count). The van der Waals surface area contributed by atoms with Gasteiger partial charge in [0.2, 0.25) is 0 Å². The summed E-state index contributed by atoms with van der Waals surface area (Å²) in [5.41, 5.74) is 0. The maximum absolute atomic E-state index is 10.8. The van der Waals surface area contributed by atoms with E-state index in [-0.39, 0.29) is 5.88 Å². The minimum Gasteiger partial charge on any atom is -0.480 e. The number of thioether (sulfide) groups is 1. The monoisotopic (exact) mass is 205 g/mol. The van der Waals surface area contributed by atoms with Crippen LogP contribution in [0.3, 0.4) is 0 Å². The quantitative estimate of drug-likeness (QED) is 0.665. The fourth-order valence-corrected chi connectivity index (χ4v) is 2.48. The van der Waals surface area contributed by atoms with Gasteiger partial charge in [-0.05, 0) is 13.8 Å². The molecule has 0 saturated carbocycles. The van der Waals surface area contributed by atoms with Gasteiger partial charge < -0.3 is 10.2 Å². The van der Waals surface area contributed by atoms with Gasteiger partial charge in [-0.25, -0.2) is 9.59 Å². The SMILES string of the molecule is CC1(C)SCN(C(=O)O)[C@@H]1C(=O)O. The second kappa shape index (κ2) is 3.10. The first kappa shape index (κ1) is 10.2. The molecule has 0 unspecified atom stereocenters. The van der Waals surface area contributed by atoms with E-state index in [1.165, 1.54) is 11.8 Å². The number of rotatable bonds is 1. The first-order valence-corrected chi connectivity index (χ1v) is 4.71. The van der Waals surface area contributed by atoms with E-state index in [0.717, 1.165) is 4.90 Å². The maximum atomic E-state index is 10.8. The highest BCUT2D eigenvalue weighted by Gasteiger charge is 2.48. The molecule has 1 amide bonds. The summed E-state index contributed by atoms with van der Waals surface area (Å²) in [5.74, 6) is -0.864. The number of nitrogens with zero attached hydrogens (tertiary/aromatic N) is 1. The van der Waals surface area contributed by atoms with Gasteiger partial charge in [0.05, 0.1) is 5.88 Å². The van der Waals surface area contributed by atoms with Gasteiger partial charge in [0, 0.05) is 4.75 Å². The van der Waals surface area contributed by atoms with E-state index < -0.39 is 22.9 Å². The van der Waals surface area contributed by atoms with Crippen LogP contribution in [0.4, 0.5) is 4.79 Å². The lowest BCUT2D eigenvalue weighted by Gasteiger charge is -2.25. The van der Waals surface area contributed by atoms with E-state index in [4.69, 9.17) is 10.2 Å². The average Bonchev–Trinajstić information content (AvgIpc) is 2.24. The average molecular weight is 205 g/mol. The van der Waals surface area contributed by atoms with Crippen LogP contribution in [0.15, 0.2) is 0 Å².